The molecule has 1 aromatic heterocycles. The molecule has 1 unspecified atom stereocenters. The maximum atomic E-state index is 6.10. The molecule has 0 spiro atoms. The molecule has 19 heavy (non-hydrogen) atoms. The Hall–Kier alpha value is -1.06. The Labute approximate surface area is 123 Å². The number of rotatable bonds is 5. The average Bonchev–Trinajstić information content (AvgIpc) is 2.84. The Morgan fingerprint density at radius 1 is 1.32 bits per heavy atom. The third kappa shape index (κ3) is 3.48. The smallest absolute Gasteiger partial charge is 0.138 e. The number of nitrogens with zero attached hydrogens (tertiary/aromatic N) is 3. The average molecular weight is 298 g/mol. The third-order valence-electron chi connectivity index (χ3n) is 3.07. The van der Waals surface area contributed by atoms with Crippen LogP contribution in [-0.2, 0) is 6.42 Å². The van der Waals surface area contributed by atoms with Crippen LogP contribution in [0, 0.1) is 0 Å². The van der Waals surface area contributed by atoms with E-state index in [1.807, 2.05) is 22.9 Å². The van der Waals surface area contributed by atoms with Crippen LogP contribution in [0.15, 0.2) is 30.6 Å². The molecule has 0 bridgehead atoms. The molecule has 3 nitrogen and oxygen atoms in total. The number of alkyl halides is 1. The van der Waals surface area contributed by atoms with Gasteiger partial charge in [-0.05, 0) is 31.5 Å². The first-order valence-corrected chi connectivity index (χ1v) is 7.23. The zero-order chi connectivity index (χ0) is 13.8. The highest BCUT2D eigenvalue weighted by molar-refractivity contribution is 6.30. The van der Waals surface area contributed by atoms with Crippen LogP contribution in [0.1, 0.15) is 37.2 Å². The van der Waals surface area contributed by atoms with Gasteiger partial charge in [-0.25, -0.2) is 9.67 Å². The van der Waals surface area contributed by atoms with Gasteiger partial charge in [-0.3, -0.25) is 0 Å². The number of hydrogen-bond donors (Lipinski definition) is 0. The molecular weight excluding hydrogens is 281 g/mol. The summed E-state index contributed by atoms with van der Waals surface area (Å²) < 4.78 is 1.93. The van der Waals surface area contributed by atoms with Gasteiger partial charge in [-0.1, -0.05) is 23.7 Å². The van der Waals surface area contributed by atoms with Gasteiger partial charge >= 0.3 is 0 Å². The molecule has 0 aliphatic carbocycles. The van der Waals surface area contributed by atoms with E-state index in [2.05, 4.69) is 30.0 Å². The van der Waals surface area contributed by atoms with Crippen molar-refractivity contribution in [3.63, 3.8) is 0 Å². The first-order chi connectivity index (χ1) is 9.11. The van der Waals surface area contributed by atoms with Gasteiger partial charge in [0, 0.05) is 29.3 Å². The monoisotopic (exact) mass is 297 g/mol. The van der Waals surface area contributed by atoms with Crippen molar-refractivity contribution in [1.82, 2.24) is 14.8 Å². The van der Waals surface area contributed by atoms with Gasteiger partial charge in [0.25, 0.3) is 0 Å². The Morgan fingerprint density at radius 3 is 2.74 bits per heavy atom. The fourth-order valence-electron chi connectivity index (χ4n) is 2.09. The molecule has 0 aliphatic rings. The van der Waals surface area contributed by atoms with Crippen LogP contribution in [0.5, 0.6) is 0 Å². The summed E-state index contributed by atoms with van der Waals surface area (Å²) in [5.74, 6) is 1.69. The molecule has 5 heteroatoms. The fourth-order valence-corrected chi connectivity index (χ4v) is 2.58. The molecule has 102 valence electrons. The van der Waals surface area contributed by atoms with Crippen molar-refractivity contribution in [1.29, 1.82) is 0 Å². The van der Waals surface area contributed by atoms with Crippen molar-refractivity contribution >= 4 is 23.2 Å². The lowest BCUT2D eigenvalue weighted by molar-refractivity contribution is 0.496. The van der Waals surface area contributed by atoms with Crippen molar-refractivity contribution in [2.75, 3.05) is 5.88 Å². The van der Waals surface area contributed by atoms with Crippen LogP contribution < -0.4 is 0 Å². The molecule has 1 aromatic carbocycles. The zero-order valence-corrected chi connectivity index (χ0v) is 12.6. The molecule has 0 aliphatic heterocycles. The molecule has 1 atom stereocenters. The number of aromatic nitrogens is 3. The topological polar surface area (TPSA) is 30.7 Å². The third-order valence-corrected chi connectivity index (χ3v) is 3.68. The van der Waals surface area contributed by atoms with E-state index in [0.717, 1.165) is 22.8 Å². The lowest BCUT2D eigenvalue weighted by Crippen LogP contribution is -2.13. The van der Waals surface area contributed by atoms with Crippen molar-refractivity contribution in [3.05, 3.63) is 47.0 Å². The van der Waals surface area contributed by atoms with Gasteiger partial charge in [-0.15, -0.1) is 11.6 Å². The first-order valence-electron chi connectivity index (χ1n) is 6.31. The molecule has 0 N–H and O–H groups in total. The van der Waals surface area contributed by atoms with Crippen molar-refractivity contribution in [2.24, 2.45) is 0 Å². The first kappa shape index (κ1) is 14.4. The highest BCUT2D eigenvalue weighted by Crippen LogP contribution is 2.24. The van der Waals surface area contributed by atoms with E-state index in [-0.39, 0.29) is 5.92 Å². The molecule has 1 heterocycles. The van der Waals surface area contributed by atoms with E-state index < -0.39 is 0 Å². The van der Waals surface area contributed by atoms with Crippen LogP contribution in [0.4, 0.5) is 0 Å². The van der Waals surface area contributed by atoms with Crippen LogP contribution in [-0.4, -0.2) is 20.6 Å². The Morgan fingerprint density at radius 2 is 2.11 bits per heavy atom. The molecule has 0 saturated carbocycles. The molecule has 2 rings (SSSR count). The second kappa shape index (κ2) is 6.40. The summed E-state index contributed by atoms with van der Waals surface area (Å²) in [7, 11) is 0. The molecule has 2 aromatic rings. The van der Waals surface area contributed by atoms with Crippen molar-refractivity contribution < 1.29 is 0 Å². The minimum Gasteiger partial charge on any atom is -0.248 e. The van der Waals surface area contributed by atoms with E-state index in [1.54, 1.807) is 6.33 Å². The summed E-state index contributed by atoms with van der Waals surface area (Å²) in [6.45, 7) is 4.18. The normalized spacial score (nSPS) is 12.9. The molecule has 0 amide bonds. The Kier molecular flexibility index (Phi) is 4.83. The zero-order valence-electron chi connectivity index (χ0n) is 11.1. The summed E-state index contributed by atoms with van der Waals surface area (Å²) >= 11 is 12.1. The van der Waals surface area contributed by atoms with E-state index in [4.69, 9.17) is 23.2 Å². The lowest BCUT2D eigenvalue weighted by atomic mass is 9.97. The predicted octanol–water partition coefficient (Wildman–Crippen LogP) is 4.08. The summed E-state index contributed by atoms with van der Waals surface area (Å²) in [5.41, 5.74) is 1.14. The van der Waals surface area contributed by atoms with Gasteiger partial charge < -0.3 is 0 Å². The highest BCUT2D eigenvalue weighted by Gasteiger charge is 2.16. The molecule has 0 radical (unpaired) electrons. The maximum absolute atomic E-state index is 6.10. The standard InChI is InChI=1S/C14H17Cl2N3/c1-10(2)19-14(17-9-18-19)7-12(8-15)11-4-3-5-13(16)6-11/h3-6,9-10,12H,7-8H2,1-2H3. The minimum atomic E-state index is 0.196. The highest BCUT2D eigenvalue weighted by atomic mass is 35.5. The van der Waals surface area contributed by atoms with Crippen molar-refractivity contribution in [2.45, 2.75) is 32.2 Å². The second-order valence-electron chi connectivity index (χ2n) is 4.82. The SMILES string of the molecule is CC(C)n1ncnc1CC(CCl)c1cccc(Cl)c1. The summed E-state index contributed by atoms with van der Waals surface area (Å²) in [5, 5.41) is 4.98. The van der Waals surface area contributed by atoms with Gasteiger partial charge in [0.05, 0.1) is 0 Å². The van der Waals surface area contributed by atoms with E-state index in [0.29, 0.717) is 11.9 Å². The Bertz CT molecular complexity index is 537. The van der Waals surface area contributed by atoms with Crippen LogP contribution >= 0.6 is 23.2 Å². The fraction of sp³-hybridized carbons (Fsp3) is 0.429. The molecule has 0 fully saturated rings. The van der Waals surface area contributed by atoms with Crippen LogP contribution in [0.2, 0.25) is 5.02 Å². The summed E-state index contributed by atoms with van der Waals surface area (Å²) in [6, 6.07) is 8.13. The van der Waals surface area contributed by atoms with E-state index in [9.17, 15) is 0 Å². The summed E-state index contributed by atoms with van der Waals surface area (Å²) in [6.07, 6.45) is 2.36. The van der Waals surface area contributed by atoms with E-state index in [1.165, 1.54) is 0 Å². The van der Waals surface area contributed by atoms with Crippen LogP contribution in [0.3, 0.4) is 0 Å². The maximum Gasteiger partial charge on any atom is 0.138 e. The van der Waals surface area contributed by atoms with Crippen LogP contribution in [0.25, 0.3) is 0 Å². The number of halogens is 2. The van der Waals surface area contributed by atoms with E-state index >= 15 is 0 Å². The lowest BCUT2D eigenvalue weighted by Gasteiger charge is -2.16. The van der Waals surface area contributed by atoms with Gasteiger partial charge in [0.2, 0.25) is 0 Å². The van der Waals surface area contributed by atoms with Gasteiger partial charge in [0.15, 0.2) is 0 Å². The largest absolute Gasteiger partial charge is 0.248 e. The second-order valence-corrected chi connectivity index (χ2v) is 5.57. The summed E-state index contributed by atoms with van der Waals surface area (Å²) in [4.78, 5) is 4.33. The van der Waals surface area contributed by atoms with Gasteiger partial charge in [0.1, 0.15) is 12.2 Å². The van der Waals surface area contributed by atoms with Gasteiger partial charge in [-0.2, -0.15) is 5.10 Å². The number of benzene rings is 1. The quantitative estimate of drug-likeness (QED) is 0.779. The van der Waals surface area contributed by atoms with Crippen molar-refractivity contribution in [3.8, 4) is 0 Å². The molecular formula is C14H17Cl2N3. The Balaban J connectivity index is 2.22. The minimum absolute atomic E-state index is 0.196. The molecule has 0 saturated heterocycles. The predicted molar refractivity (Wildman–Crippen MR) is 79.0 cm³/mol. The number of hydrogen-bond acceptors (Lipinski definition) is 2.